The van der Waals surface area contributed by atoms with Gasteiger partial charge in [0.2, 0.25) is 0 Å². The van der Waals surface area contributed by atoms with Gasteiger partial charge in [0.05, 0.1) is 13.5 Å². The molecular weight excluding hydrogens is 166 g/mol. The molecule has 2 fully saturated rings. The maximum atomic E-state index is 11.2. The van der Waals surface area contributed by atoms with Gasteiger partial charge in [0, 0.05) is 6.54 Å². The molecular formula is C10H17NO2. The van der Waals surface area contributed by atoms with Crippen molar-refractivity contribution in [2.45, 2.75) is 25.7 Å². The van der Waals surface area contributed by atoms with Gasteiger partial charge in [-0.2, -0.15) is 0 Å². The van der Waals surface area contributed by atoms with Crippen LogP contribution < -0.4 is 0 Å². The molecule has 0 radical (unpaired) electrons. The van der Waals surface area contributed by atoms with Crippen molar-refractivity contribution in [1.82, 2.24) is 4.90 Å². The number of methoxy groups -OCH3 is 1. The van der Waals surface area contributed by atoms with E-state index in [0.717, 1.165) is 6.54 Å². The van der Waals surface area contributed by atoms with E-state index in [0.29, 0.717) is 6.42 Å². The lowest BCUT2D eigenvalue weighted by Gasteiger charge is -2.32. The zero-order valence-corrected chi connectivity index (χ0v) is 8.21. The lowest BCUT2D eigenvalue weighted by Crippen LogP contribution is -2.35. The third kappa shape index (κ3) is 1.70. The number of hydrogen-bond donors (Lipinski definition) is 0. The zero-order chi connectivity index (χ0) is 9.31. The Hall–Kier alpha value is -0.570. The summed E-state index contributed by atoms with van der Waals surface area (Å²) in [5.74, 6) is -0.0382. The summed E-state index contributed by atoms with van der Waals surface area (Å²) in [6.07, 6.45) is 4.26. The Bertz CT molecular complexity index is 213. The first-order valence-corrected chi connectivity index (χ1v) is 5.03. The van der Waals surface area contributed by atoms with E-state index in [1.807, 2.05) is 0 Å². The number of carbonyl (C=O) groups is 1. The Balaban J connectivity index is 1.99. The minimum atomic E-state index is -0.0382. The molecule has 3 nitrogen and oxygen atoms in total. The molecule has 0 saturated carbocycles. The van der Waals surface area contributed by atoms with Crippen molar-refractivity contribution in [2.75, 3.05) is 26.7 Å². The number of nitrogens with zero attached hydrogens (tertiary/aromatic N) is 1. The third-order valence-electron chi connectivity index (χ3n) is 3.45. The van der Waals surface area contributed by atoms with Crippen molar-refractivity contribution < 1.29 is 9.53 Å². The molecule has 3 heteroatoms. The molecule has 2 bridgehead atoms. The molecule has 0 aromatic heterocycles. The highest BCUT2D eigenvalue weighted by atomic mass is 16.5. The van der Waals surface area contributed by atoms with Crippen molar-refractivity contribution >= 4 is 5.97 Å². The number of rotatable bonds is 2. The standard InChI is InChI=1S/C10H17NO2/c1-13-9(12)7-10-3-2-5-11(8-10)6-4-10/h2-8H2,1H3. The molecule has 2 heterocycles. The van der Waals surface area contributed by atoms with Crippen LogP contribution in [0.3, 0.4) is 0 Å². The van der Waals surface area contributed by atoms with Crippen LogP contribution in [-0.4, -0.2) is 37.6 Å². The highest BCUT2D eigenvalue weighted by molar-refractivity contribution is 5.70. The minimum absolute atomic E-state index is 0.0382. The van der Waals surface area contributed by atoms with Gasteiger partial charge in [-0.3, -0.25) is 4.79 Å². The van der Waals surface area contributed by atoms with Gasteiger partial charge in [0.25, 0.3) is 0 Å². The average Bonchev–Trinajstić information content (AvgIpc) is 2.42. The van der Waals surface area contributed by atoms with Gasteiger partial charge in [-0.05, 0) is 37.8 Å². The van der Waals surface area contributed by atoms with E-state index in [-0.39, 0.29) is 11.4 Å². The molecule has 2 rings (SSSR count). The van der Waals surface area contributed by atoms with E-state index in [4.69, 9.17) is 4.74 Å². The summed E-state index contributed by atoms with van der Waals surface area (Å²) in [7, 11) is 1.48. The lowest BCUT2D eigenvalue weighted by atomic mass is 9.78. The summed E-state index contributed by atoms with van der Waals surface area (Å²) < 4.78 is 4.74. The summed E-state index contributed by atoms with van der Waals surface area (Å²) in [6, 6.07) is 0. The molecule has 0 N–H and O–H groups in total. The minimum Gasteiger partial charge on any atom is -0.469 e. The van der Waals surface area contributed by atoms with Crippen LogP contribution in [0.5, 0.6) is 0 Å². The van der Waals surface area contributed by atoms with Crippen LogP contribution in [0.25, 0.3) is 0 Å². The van der Waals surface area contributed by atoms with E-state index >= 15 is 0 Å². The maximum Gasteiger partial charge on any atom is 0.306 e. The molecule has 0 amide bonds. The monoisotopic (exact) mass is 183 g/mol. The predicted octanol–water partition coefficient (Wildman–Crippen LogP) is 1.04. The first-order chi connectivity index (χ1) is 6.24. The molecule has 2 aliphatic rings. The molecule has 2 atom stereocenters. The largest absolute Gasteiger partial charge is 0.469 e. The van der Waals surface area contributed by atoms with Crippen LogP contribution in [0.2, 0.25) is 0 Å². The van der Waals surface area contributed by atoms with Crippen LogP contribution in [0.15, 0.2) is 0 Å². The first-order valence-electron chi connectivity index (χ1n) is 5.03. The van der Waals surface area contributed by atoms with Gasteiger partial charge in [-0.25, -0.2) is 0 Å². The number of esters is 1. The topological polar surface area (TPSA) is 29.5 Å². The van der Waals surface area contributed by atoms with Gasteiger partial charge >= 0.3 is 5.97 Å². The zero-order valence-electron chi connectivity index (χ0n) is 8.21. The Morgan fingerprint density at radius 1 is 1.46 bits per heavy atom. The Kier molecular flexibility index (Phi) is 2.28. The predicted molar refractivity (Wildman–Crippen MR) is 49.4 cm³/mol. The fourth-order valence-corrected chi connectivity index (χ4v) is 2.71. The van der Waals surface area contributed by atoms with Crippen LogP contribution >= 0.6 is 0 Å². The summed E-state index contributed by atoms with van der Waals surface area (Å²) in [5.41, 5.74) is 0.269. The molecule has 2 saturated heterocycles. The first kappa shape index (κ1) is 9.00. The molecule has 2 aliphatic heterocycles. The average molecular weight is 183 g/mol. The van der Waals surface area contributed by atoms with E-state index in [2.05, 4.69) is 4.90 Å². The maximum absolute atomic E-state index is 11.2. The van der Waals surface area contributed by atoms with E-state index in [1.165, 1.54) is 39.5 Å². The normalized spacial score (nSPS) is 37.5. The van der Waals surface area contributed by atoms with Crippen LogP contribution in [0.4, 0.5) is 0 Å². The fourth-order valence-electron chi connectivity index (χ4n) is 2.71. The molecule has 0 aliphatic carbocycles. The quantitative estimate of drug-likeness (QED) is 0.599. The smallest absolute Gasteiger partial charge is 0.306 e. The van der Waals surface area contributed by atoms with Gasteiger partial charge in [-0.1, -0.05) is 0 Å². The number of fused-ring (bicyclic) bond motifs is 2. The van der Waals surface area contributed by atoms with Crippen molar-refractivity contribution in [3.8, 4) is 0 Å². The number of piperidine rings is 1. The summed E-state index contributed by atoms with van der Waals surface area (Å²) in [6.45, 7) is 3.52. The SMILES string of the molecule is COC(=O)CC12CCCN(CC1)C2. The van der Waals surface area contributed by atoms with Crippen LogP contribution in [0, 0.1) is 5.41 Å². The molecule has 2 unspecified atom stereocenters. The molecule has 74 valence electrons. The highest BCUT2D eigenvalue weighted by Gasteiger charge is 2.42. The van der Waals surface area contributed by atoms with Gasteiger partial charge < -0.3 is 9.64 Å². The molecule has 0 aromatic rings. The summed E-state index contributed by atoms with van der Waals surface area (Å²) in [5, 5.41) is 0. The van der Waals surface area contributed by atoms with Crippen LogP contribution in [0.1, 0.15) is 25.7 Å². The molecule has 13 heavy (non-hydrogen) atoms. The van der Waals surface area contributed by atoms with Gasteiger partial charge in [0.1, 0.15) is 0 Å². The Morgan fingerprint density at radius 3 is 3.08 bits per heavy atom. The fraction of sp³-hybridized carbons (Fsp3) is 0.900. The Labute approximate surface area is 79.0 Å². The molecule has 0 aromatic carbocycles. The highest BCUT2D eigenvalue weighted by Crippen LogP contribution is 2.42. The van der Waals surface area contributed by atoms with E-state index in [1.54, 1.807) is 0 Å². The second-order valence-electron chi connectivity index (χ2n) is 4.38. The summed E-state index contributed by atoms with van der Waals surface area (Å²) >= 11 is 0. The summed E-state index contributed by atoms with van der Waals surface area (Å²) in [4.78, 5) is 13.7. The second kappa shape index (κ2) is 3.29. The Morgan fingerprint density at radius 2 is 2.31 bits per heavy atom. The van der Waals surface area contributed by atoms with Gasteiger partial charge in [0.15, 0.2) is 0 Å². The van der Waals surface area contributed by atoms with Crippen molar-refractivity contribution in [2.24, 2.45) is 5.41 Å². The van der Waals surface area contributed by atoms with Gasteiger partial charge in [-0.15, -0.1) is 0 Å². The van der Waals surface area contributed by atoms with Crippen LogP contribution in [-0.2, 0) is 9.53 Å². The number of hydrogen-bond acceptors (Lipinski definition) is 3. The van der Waals surface area contributed by atoms with E-state index < -0.39 is 0 Å². The number of carbonyl (C=O) groups excluding carboxylic acids is 1. The lowest BCUT2D eigenvalue weighted by molar-refractivity contribution is -0.143. The van der Waals surface area contributed by atoms with Crippen molar-refractivity contribution in [3.05, 3.63) is 0 Å². The number of ether oxygens (including phenoxy) is 1. The van der Waals surface area contributed by atoms with Crippen molar-refractivity contribution in [1.29, 1.82) is 0 Å². The molecule has 0 spiro atoms. The third-order valence-corrected chi connectivity index (χ3v) is 3.45. The van der Waals surface area contributed by atoms with E-state index in [9.17, 15) is 4.79 Å². The second-order valence-corrected chi connectivity index (χ2v) is 4.38. The van der Waals surface area contributed by atoms with Crippen molar-refractivity contribution in [3.63, 3.8) is 0 Å².